The van der Waals surface area contributed by atoms with E-state index >= 15 is 0 Å². The van der Waals surface area contributed by atoms with Crippen LogP contribution in [-0.2, 0) is 58.6 Å². The van der Waals surface area contributed by atoms with Crippen molar-refractivity contribution in [2.45, 2.75) is 145 Å². The van der Waals surface area contributed by atoms with Gasteiger partial charge in [0.2, 0.25) is 0 Å². The van der Waals surface area contributed by atoms with Gasteiger partial charge in [-0.1, -0.05) is 10.1 Å². The van der Waals surface area contributed by atoms with E-state index in [1.165, 1.54) is 14.2 Å². The zero-order chi connectivity index (χ0) is 45.1. The Hall–Kier alpha value is -1.26. The van der Waals surface area contributed by atoms with Gasteiger partial charge in [-0.2, -0.15) is 45.7 Å². The summed E-state index contributed by atoms with van der Waals surface area (Å²) in [4.78, 5) is 4.20. The van der Waals surface area contributed by atoms with Gasteiger partial charge in [-0.3, -0.25) is 18.7 Å². The smallest absolute Gasteiger partial charge is 0.269 e. The molecule has 6 fully saturated rings. The van der Waals surface area contributed by atoms with Gasteiger partial charge < -0.3 is 20.3 Å². The Kier molecular flexibility index (Phi) is 17.1. The van der Waals surface area contributed by atoms with Gasteiger partial charge in [0.15, 0.2) is 6.40 Å². The third kappa shape index (κ3) is 11.6. The fourth-order valence-corrected chi connectivity index (χ4v) is 16.4. The fourth-order valence-electron chi connectivity index (χ4n) is 11.4. The molecule has 19 atom stereocenters. The van der Waals surface area contributed by atoms with E-state index in [2.05, 4.69) is 25.3 Å². The number of aliphatic imine (C=N–C) groups is 1. The highest BCUT2D eigenvalue weighted by Crippen LogP contribution is 2.51. The summed E-state index contributed by atoms with van der Waals surface area (Å²) in [5.41, 5.74) is 6.19. The van der Waals surface area contributed by atoms with Crippen LogP contribution in [0.15, 0.2) is 25.4 Å². The van der Waals surface area contributed by atoms with Crippen molar-refractivity contribution in [2.24, 2.45) is 66.7 Å². The zero-order valence-corrected chi connectivity index (χ0v) is 37.8. The summed E-state index contributed by atoms with van der Waals surface area (Å²) in [6, 6.07) is -4.54. The van der Waals surface area contributed by atoms with Crippen LogP contribution in [0.1, 0.15) is 70.6 Å². The van der Waals surface area contributed by atoms with E-state index in [1.807, 2.05) is 0 Å². The van der Waals surface area contributed by atoms with Crippen LogP contribution < -0.4 is 5.73 Å². The molecule has 0 saturated heterocycles. The van der Waals surface area contributed by atoms with Crippen molar-refractivity contribution in [3.8, 4) is 0 Å². The molecule has 29 heteroatoms. The number of fused-ring (bicyclic) bond motifs is 3. The highest BCUT2D eigenvalue weighted by molar-refractivity contribution is 7.95. The first-order valence-corrected chi connectivity index (χ1v) is 26.4. The average Bonchev–Trinajstić information content (AvgIpc) is 3.21. The molecule has 6 aliphatic rings. The van der Waals surface area contributed by atoms with E-state index in [1.54, 1.807) is 0 Å². The molecule has 6 rings (SSSR count). The Bertz CT molecular complexity index is 1940. The molecule has 62 heavy (non-hydrogen) atoms. The van der Waals surface area contributed by atoms with E-state index in [4.69, 9.17) is 44.6 Å². The van der Waals surface area contributed by atoms with Gasteiger partial charge >= 0.3 is 0 Å². The molecule has 0 radical (unpaired) electrons. The average molecular weight is 985 g/mol. The number of ether oxygens (including phenoxy) is 2. The normalized spacial score (nSPS) is 43.3. The molecule has 356 valence electrons. The second-order valence-electron chi connectivity index (χ2n) is 17.3. The van der Waals surface area contributed by atoms with Gasteiger partial charge in [-0.05, 0) is 99.7 Å². The molecule has 0 bridgehead atoms. The first-order valence-electron chi connectivity index (χ1n) is 20.3. The maximum atomic E-state index is 12.9. The molecule has 8 N–H and O–H groups in total. The maximum Gasteiger partial charge on any atom is 0.269 e. The van der Waals surface area contributed by atoms with E-state index in [0.29, 0.717) is 31.3 Å². The van der Waals surface area contributed by atoms with Gasteiger partial charge in [0, 0.05) is 48.9 Å². The predicted molar refractivity (Wildman–Crippen MR) is 219 cm³/mol. The van der Waals surface area contributed by atoms with Crippen LogP contribution in [0.25, 0.3) is 0 Å². The van der Waals surface area contributed by atoms with Gasteiger partial charge in [0.25, 0.3) is 30.4 Å². The maximum absolute atomic E-state index is 12.9. The van der Waals surface area contributed by atoms with Crippen molar-refractivity contribution in [2.75, 3.05) is 14.2 Å². The van der Waals surface area contributed by atoms with Crippen LogP contribution in [-0.4, -0.2) is 150 Å². The number of hydrogen-bond acceptors (Lipinski definition) is 23. The van der Waals surface area contributed by atoms with Crippen molar-refractivity contribution in [1.82, 2.24) is 0 Å². The molecule has 0 aromatic heterocycles. The molecule has 24 nitrogen and oxygen atoms in total. The molecule has 6 saturated carbocycles. The lowest BCUT2D eigenvalue weighted by Gasteiger charge is -2.48. The first kappa shape index (κ1) is 50.2. The highest BCUT2D eigenvalue weighted by Gasteiger charge is 2.55. The molecule has 0 aliphatic heterocycles. The second-order valence-corrected chi connectivity index (χ2v) is 24.1. The SMILES string of the molecule is COC=NC1CC2C(CC(N=NC3CC(OC)C(N=NC4C(SOOO)CC5CC(S(=O)(=O)O)C(N)CC5C4O)C4CCC(SOOO)CC34)CC2S(=O)(=O)O)C(S(=O)(=O)O)C1. The Morgan fingerprint density at radius 1 is 0.629 bits per heavy atom. The predicted octanol–water partition coefficient (Wildman–Crippen LogP) is 2.83. The second kappa shape index (κ2) is 21.1. The number of aliphatic hydroxyl groups excluding tert-OH is 1. The lowest BCUT2D eigenvalue weighted by Crippen LogP contribution is -2.57. The Morgan fingerprint density at radius 3 is 1.85 bits per heavy atom. The van der Waals surface area contributed by atoms with Crippen LogP contribution in [0.4, 0.5) is 0 Å². The summed E-state index contributed by atoms with van der Waals surface area (Å²) in [5.74, 6) is -3.17. The van der Waals surface area contributed by atoms with Crippen LogP contribution in [0.3, 0.4) is 0 Å². The number of rotatable bonds is 16. The number of nitrogens with zero attached hydrogens (tertiary/aromatic N) is 5. The van der Waals surface area contributed by atoms with E-state index < -0.39 is 123 Å². The lowest BCUT2D eigenvalue weighted by atomic mass is 9.65. The topological polar surface area (TPSA) is 367 Å². The third-order valence-corrected chi connectivity index (χ3v) is 19.7. The molecule has 0 aromatic carbocycles. The fraction of sp³-hybridized carbons (Fsp3) is 0.970. The number of aliphatic hydroxyl groups is 1. The van der Waals surface area contributed by atoms with Crippen LogP contribution in [0.2, 0.25) is 0 Å². The Morgan fingerprint density at radius 2 is 1.24 bits per heavy atom. The van der Waals surface area contributed by atoms with Crippen molar-refractivity contribution >= 4 is 60.8 Å². The Labute approximate surface area is 368 Å². The summed E-state index contributed by atoms with van der Waals surface area (Å²) < 4.78 is 126. The molecule has 19 unspecified atom stereocenters. The molecule has 0 spiro atoms. The van der Waals surface area contributed by atoms with E-state index in [9.17, 15) is 44.0 Å². The van der Waals surface area contributed by atoms with E-state index in [0.717, 1.165) is 18.4 Å². The number of nitrogens with two attached hydrogens (primary N) is 1. The summed E-state index contributed by atoms with van der Waals surface area (Å²) in [5, 5.41) is 51.3. The van der Waals surface area contributed by atoms with Crippen molar-refractivity contribution in [3.05, 3.63) is 0 Å². The first-order chi connectivity index (χ1) is 29.3. The van der Waals surface area contributed by atoms with Gasteiger partial charge in [0.05, 0.1) is 53.2 Å². The third-order valence-electron chi connectivity index (χ3n) is 14.1. The molecular formula is C33H56N6O18S5. The standard InChI is InChI=1S/C33H56N6O18S5/c1-52-14-35-16-7-22-23(28(9-16)60(43,44)45)8-17(10-29(22)61(46,47)48)36-37-25-13-26(53-2)31(19-4-3-18(11-21(19)25)58-56-54-41)38-39-32-27(59-57-55-42)5-15-6-30(62(49,50)51)24(34)12-20(15)33(32)40/h14-33,40-42H,3-13,34H2,1-2H3,(H,43,44,45)(H,46,47,48)(H,49,50,51). The lowest BCUT2D eigenvalue weighted by molar-refractivity contribution is -0.432. The summed E-state index contributed by atoms with van der Waals surface area (Å²) in [7, 11) is -11.0. The van der Waals surface area contributed by atoms with Crippen molar-refractivity contribution in [1.29, 1.82) is 0 Å². The summed E-state index contributed by atoms with van der Waals surface area (Å²) in [6.07, 6.45) is 1.44. The summed E-state index contributed by atoms with van der Waals surface area (Å²) >= 11 is 1.60. The number of hydrogen-bond donors (Lipinski definition) is 7. The quantitative estimate of drug-likeness (QED) is 0.0222. The van der Waals surface area contributed by atoms with Gasteiger partial charge in [-0.15, -0.1) is 8.67 Å². The molecule has 0 aromatic rings. The molecule has 0 heterocycles. The van der Waals surface area contributed by atoms with Crippen molar-refractivity contribution in [3.63, 3.8) is 0 Å². The molecule has 0 amide bonds. The molecule has 6 aliphatic carbocycles. The zero-order valence-electron chi connectivity index (χ0n) is 33.8. The number of methoxy groups -OCH3 is 2. The minimum Gasteiger partial charge on any atom is -0.487 e. The van der Waals surface area contributed by atoms with Gasteiger partial charge in [-0.25, -0.2) is 10.5 Å². The van der Waals surface area contributed by atoms with Crippen LogP contribution >= 0.6 is 24.1 Å². The minimum absolute atomic E-state index is 0.00891. The molecular weight excluding hydrogens is 929 g/mol. The van der Waals surface area contributed by atoms with Gasteiger partial charge in [0.1, 0.15) is 17.3 Å². The summed E-state index contributed by atoms with van der Waals surface area (Å²) in [6.45, 7) is 0. The minimum atomic E-state index is -4.73. The van der Waals surface area contributed by atoms with Crippen molar-refractivity contribution < 1.29 is 82.8 Å². The number of azo groups is 2. The monoisotopic (exact) mass is 984 g/mol. The van der Waals surface area contributed by atoms with Crippen LogP contribution in [0, 0.1) is 35.5 Å². The highest BCUT2D eigenvalue weighted by atomic mass is 32.2. The van der Waals surface area contributed by atoms with E-state index in [-0.39, 0.29) is 68.5 Å². The Balaban J connectivity index is 1.26. The van der Waals surface area contributed by atoms with Crippen LogP contribution in [0.5, 0.6) is 0 Å². The largest absolute Gasteiger partial charge is 0.487 e.